The number of fused-ring (bicyclic) bond motifs is 2. The standard InChI is InChI=1S/C18H17N3O4/c22-17-6-2-11-1-4-13(10-15(11)20-17)24-8-7-19-12-3-5-14-16(9-12)25-18(23)21-14/h1,3-5,9-10,19H,2,6-8H2,(H,20,22)(H,21,23). The first-order chi connectivity index (χ1) is 12.2. The van der Waals surface area contributed by atoms with Gasteiger partial charge in [-0.05, 0) is 30.2 Å². The van der Waals surface area contributed by atoms with Gasteiger partial charge in [-0.1, -0.05) is 6.07 Å². The van der Waals surface area contributed by atoms with E-state index in [0.29, 0.717) is 30.7 Å². The number of hydrogen-bond donors (Lipinski definition) is 3. The molecule has 0 bridgehead atoms. The van der Waals surface area contributed by atoms with Gasteiger partial charge in [0.2, 0.25) is 5.91 Å². The number of ether oxygens (including phenoxy) is 1. The lowest BCUT2D eigenvalue weighted by molar-refractivity contribution is -0.116. The first-order valence-electron chi connectivity index (χ1n) is 8.10. The molecular formula is C18H17N3O4. The van der Waals surface area contributed by atoms with Gasteiger partial charge in [-0.2, -0.15) is 0 Å². The van der Waals surface area contributed by atoms with Crippen molar-refractivity contribution in [3.05, 3.63) is 52.5 Å². The van der Waals surface area contributed by atoms with Crippen LogP contribution >= 0.6 is 0 Å². The van der Waals surface area contributed by atoms with E-state index in [1.54, 1.807) is 12.1 Å². The molecule has 0 radical (unpaired) electrons. The number of carbonyl (C=O) groups is 1. The number of nitrogens with one attached hydrogen (secondary N) is 3. The number of aromatic amines is 1. The van der Waals surface area contributed by atoms with Crippen LogP contribution in [0.3, 0.4) is 0 Å². The molecule has 128 valence electrons. The number of anilines is 2. The zero-order chi connectivity index (χ0) is 17.2. The third-order valence-corrected chi connectivity index (χ3v) is 4.10. The Kier molecular flexibility index (Phi) is 3.89. The van der Waals surface area contributed by atoms with E-state index < -0.39 is 5.76 Å². The van der Waals surface area contributed by atoms with Crippen LogP contribution in [0.5, 0.6) is 5.75 Å². The third-order valence-electron chi connectivity index (χ3n) is 4.10. The molecule has 1 aliphatic rings. The quantitative estimate of drug-likeness (QED) is 0.621. The van der Waals surface area contributed by atoms with Crippen molar-refractivity contribution in [3.8, 4) is 5.75 Å². The Hall–Kier alpha value is -3.22. The van der Waals surface area contributed by atoms with Crippen LogP contribution in [0.25, 0.3) is 11.1 Å². The van der Waals surface area contributed by atoms with Crippen LogP contribution in [0, 0.1) is 0 Å². The third kappa shape index (κ3) is 3.35. The molecular weight excluding hydrogens is 322 g/mol. The maximum atomic E-state index is 11.5. The molecule has 4 rings (SSSR count). The van der Waals surface area contributed by atoms with Crippen molar-refractivity contribution >= 4 is 28.4 Å². The Morgan fingerprint density at radius 1 is 1.12 bits per heavy atom. The molecule has 0 atom stereocenters. The second-order valence-corrected chi connectivity index (χ2v) is 5.87. The van der Waals surface area contributed by atoms with Crippen molar-refractivity contribution < 1.29 is 13.9 Å². The molecule has 7 nitrogen and oxygen atoms in total. The van der Waals surface area contributed by atoms with Crippen molar-refractivity contribution in [2.75, 3.05) is 23.8 Å². The zero-order valence-electron chi connectivity index (χ0n) is 13.4. The van der Waals surface area contributed by atoms with Crippen LogP contribution in [0.1, 0.15) is 12.0 Å². The SMILES string of the molecule is O=C1CCc2ccc(OCCNc3ccc4[nH]c(=O)oc4c3)cc2N1. The van der Waals surface area contributed by atoms with E-state index >= 15 is 0 Å². The maximum absolute atomic E-state index is 11.5. The topological polar surface area (TPSA) is 96.4 Å². The molecule has 0 unspecified atom stereocenters. The summed E-state index contributed by atoms with van der Waals surface area (Å²) in [5.74, 6) is 0.294. The fourth-order valence-electron chi connectivity index (χ4n) is 2.86. The van der Waals surface area contributed by atoms with E-state index in [2.05, 4.69) is 15.6 Å². The molecule has 0 saturated carbocycles. The van der Waals surface area contributed by atoms with Crippen molar-refractivity contribution in [2.45, 2.75) is 12.8 Å². The number of benzene rings is 2. The summed E-state index contributed by atoms with van der Waals surface area (Å²) in [7, 11) is 0. The molecule has 0 aliphatic carbocycles. The van der Waals surface area contributed by atoms with Crippen LogP contribution in [0.2, 0.25) is 0 Å². The molecule has 2 aromatic carbocycles. The highest BCUT2D eigenvalue weighted by Gasteiger charge is 2.14. The van der Waals surface area contributed by atoms with Crippen molar-refractivity contribution in [1.82, 2.24) is 4.98 Å². The molecule has 0 fully saturated rings. The molecule has 3 aromatic rings. The number of amides is 1. The highest BCUT2D eigenvalue weighted by molar-refractivity contribution is 5.94. The Morgan fingerprint density at radius 2 is 2.04 bits per heavy atom. The Bertz CT molecular complexity index is 989. The smallest absolute Gasteiger partial charge is 0.417 e. The number of aryl methyl sites for hydroxylation is 1. The number of carbonyl (C=O) groups excluding carboxylic acids is 1. The summed E-state index contributed by atoms with van der Waals surface area (Å²) in [5, 5.41) is 6.08. The number of H-pyrrole nitrogens is 1. The highest BCUT2D eigenvalue weighted by atomic mass is 16.5. The van der Waals surface area contributed by atoms with E-state index in [9.17, 15) is 9.59 Å². The average molecular weight is 339 g/mol. The molecule has 1 aromatic heterocycles. The van der Waals surface area contributed by atoms with Crippen LogP contribution in [0.4, 0.5) is 11.4 Å². The fourth-order valence-corrected chi connectivity index (χ4v) is 2.86. The van der Waals surface area contributed by atoms with E-state index in [-0.39, 0.29) is 5.91 Å². The first kappa shape index (κ1) is 15.3. The lowest BCUT2D eigenvalue weighted by Gasteiger charge is -2.17. The summed E-state index contributed by atoms with van der Waals surface area (Å²) in [5.41, 5.74) is 3.99. The first-order valence-corrected chi connectivity index (χ1v) is 8.10. The Labute approximate surface area is 143 Å². The molecule has 25 heavy (non-hydrogen) atoms. The highest BCUT2D eigenvalue weighted by Crippen LogP contribution is 2.27. The minimum Gasteiger partial charge on any atom is -0.492 e. The average Bonchev–Trinajstić information content (AvgIpc) is 2.97. The summed E-state index contributed by atoms with van der Waals surface area (Å²) in [6.07, 6.45) is 1.30. The molecule has 2 heterocycles. The lowest BCUT2D eigenvalue weighted by atomic mass is 10.0. The van der Waals surface area contributed by atoms with E-state index in [1.165, 1.54) is 0 Å². The fraction of sp³-hybridized carbons (Fsp3) is 0.222. The number of oxazole rings is 1. The van der Waals surface area contributed by atoms with E-state index in [4.69, 9.17) is 9.15 Å². The predicted molar refractivity (Wildman–Crippen MR) is 94.2 cm³/mol. The summed E-state index contributed by atoms with van der Waals surface area (Å²) in [6.45, 7) is 1.05. The van der Waals surface area contributed by atoms with Gasteiger partial charge in [-0.25, -0.2) is 4.79 Å². The van der Waals surface area contributed by atoms with Gasteiger partial charge in [0.15, 0.2) is 5.58 Å². The van der Waals surface area contributed by atoms with Crippen molar-refractivity contribution in [2.24, 2.45) is 0 Å². The second kappa shape index (κ2) is 6.35. The van der Waals surface area contributed by atoms with Crippen molar-refractivity contribution in [3.63, 3.8) is 0 Å². The Balaban J connectivity index is 1.33. The van der Waals surface area contributed by atoms with Crippen LogP contribution in [0.15, 0.2) is 45.6 Å². The summed E-state index contributed by atoms with van der Waals surface area (Å²) in [4.78, 5) is 25.2. The Morgan fingerprint density at radius 3 is 2.96 bits per heavy atom. The monoisotopic (exact) mass is 339 g/mol. The van der Waals surface area contributed by atoms with Gasteiger partial charge in [0.25, 0.3) is 0 Å². The van der Waals surface area contributed by atoms with Crippen LogP contribution < -0.4 is 21.1 Å². The number of rotatable bonds is 5. The zero-order valence-corrected chi connectivity index (χ0v) is 13.4. The summed E-state index contributed by atoms with van der Waals surface area (Å²) in [6, 6.07) is 11.2. The maximum Gasteiger partial charge on any atom is 0.417 e. The normalized spacial score (nSPS) is 13.4. The van der Waals surface area contributed by atoms with Crippen molar-refractivity contribution in [1.29, 1.82) is 0 Å². The lowest BCUT2D eigenvalue weighted by Crippen LogP contribution is -2.19. The van der Waals surface area contributed by atoms with Gasteiger partial charge in [-0.3, -0.25) is 9.78 Å². The van der Waals surface area contributed by atoms with E-state index in [0.717, 1.165) is 29.1 Å². The predicted octanol–water partition coefficient (Wildman–Crippen LogP) is 2.50. The second-order valence-electron chi connectivity index (χ2n) is 5.87. The van der Waals surface area contributed by atoms with Gasteiger partial charge < -0.3 is 19.8 Å². The molecule has 1 aliphatic heterocycles. The van der Waals surface area contributed by atoms with Gasteiger partial charge in [-0.15, -0.1) is 0 Å². The molecule has 7 heteroatoms. The number of hydrogen-bond acceptors (Lipinski definition) is 5. The minimum atomic E-state index is -0.463. The number of aromatic nitrogens is 1. The molecule has 0 spiro atoms. The van der Waals surface area contributed by atoms with Crippen LogP contribution in [-0.4, -0.2) is 24.0 Å². The van der Waals surface area contributed by atoms with Gasteiger partial charge in [0.1, 0.15) is 12.4 Å². The molecule has 3 N–H and O–H groups in total. The summed E-state index contributed by atoms with van der Waals surface area (Å²) < 4.78 is 10.8. The van der Waals surface area contributed by atoms with Crippen LogP contribution in [-0.2, 0) is 11.2 Å². The molecule has 1 amide bonds. The largest absolute Gasteiger partial charge is 0.492 e. The molecule has 0 saturated heterocycles. The minimum absolute atomic E-state index is 0.0399. The van der Waals surface area contributed by atoms with E-state index in [1.807, 2.05) is 24.3 Å². The van der Waals surface area contributed by atoms with Gasteiger partial charge in [0.05, 0.1) is 5.52 Å². The van der Waals surface area contributed by atoms with Gasteiger partial charge in [0, 0.05) is 36.5 Å². The van der Waals surface area contributed by atoms with Gasteiger partial charge >= 0.3 is 5.76 Å². The summed E-state index contributed by atoms with van der Waals surface area (Å²) >= 11 is 0.